The molecule has 25 heavy (non-hydrogen) atoms. The smallest absolute Gasteiger partial charge is 0.646 e. The van der Waals surface area contributed by atoms with E-state index in [1.54, 1.807) is 0 Å². The fraction of sp³-hybridized carbons (Fsp3) is 0.833. The Balaban J connectivity index is -0.000000270. The molecule has 0 amide bonds. The molecule has 151 valence electrons. The molecule has 2 heterocycles. The van der Waals surface area contributed by atoms with Crippen LogP contribution in [0.5, 0.6) is 0 Å². The van der Waals surface area contributed by atoms with Gasteiger partial charge >= 0.3 is 27.2 Å². The molecule has 1 fully saturated rings. The van der Waals surface area contributed by atoms with Crippen LogP contribution < -0.4 is 0 Å². The first-order valence-electron chi connectivity index (χ1n) is 7.01. The molecular formula is C12H24Cl2CuN4O6+2. The van der Waals surface area contributed by atoms with E-state index in [0.29, 0.717) is 0 Å². The summed E-state index contributed by atoms with van der Waals surface area (Å²) in [4.78, 5) is 16.9. The van der Waals surface area contributed by atoms with Gasteiger partial charge in [-0.15, -0.1) is 36.3 Å². The Kier molecular flexibility index (Phi) is 20.8. The van der Waals surface area contributed by atoms with Gasteiger partial charge < -0.3 is 10.6 Å². The monoisotopic (exact) mass is 453 g/mol. The van der Waals surface area contributed by atoms with Crippen LogP contribution in [0.15, 0.2) is 11.6 Å². The summed E-state index contributed by atoms with van der Waals surface area (Å²) in [7, 11) is 0. The SMILES string of the molecule is CC1=CCC(Cl)[N-]C1.CC1CCC(Cl)[N-]C1.O=[N+](O)O.O=[N+](O)O.[Cu+2]. The number of rotatable bonds is 0. The topological polar surface area (TPSA) is 149 Å². The van der Waals surface area contributed by atoms with Crippen molar-refractivity contribution in [1.29, 1.82) is 0 Å². The Hall–Kier alpha value is -0.841. The minimum atomic E-state index is -1.25. The summed E-state index contributed by atoms with van der Waals surface area (Å²) in [6, 6.07) is 0. The van der Waals surface area contributed by atoms with Crippen molar-refractivity contribution in [1.82, 2.24) is 0 Å². The Morgan fingerprint density at radius 2 is 1.52 bits per heavy atom. The normalized spacial score (nSPS) is 24.2. The maximum Gasteiger partial charge on any atom is 2.00 e. The number of halogens is 2. The molecule has 1 radical (unpaired) electrons. The third-order valence-corrected chi connectivity index (χ3v) is 3.38. The Bertz CT molecular complexity index is 368. The zero-order valence-electron chi connectivity index (χ0n) is 13.8. The second-order valence-corrected chi connectivity index (χ2v) is 6.06. The molecule has 0 aliphatic carbocycles. The molecule has 4 N–H and O–H groups in total. The van der Waals surface area contributed by atoms with Crippen LogP contribution in [0, 0.1) is 15.7 Å². The van der Waals surface area contributed by atoms with E-state index in [1.165, 1.54) is 12.0 Å². The predicted molar refractivity (Wildman–Crippen MR) is 86.9 cm³/mol. The molecule has 2 rings (SSSR count). The van der Waals surface area contributed by atoms with Gasteiger partial charge in [-0.3, -0.25) is 0 Å². The molecular weight excluding hydrogens is 431 g/mol. The van der Waals surface area contributed by atoms with Gasteiger partial charge in [-0.1, -0.05) is 48.3 Å². The van der Waals surface area contributed by atoms with E-state index in [9.17, 15) is 0 Å². The van der Waals surface area contributed by atoms with Crippen LogP contribution in [-0.2, 0) is 17.1 Å². The number of hydrogen-bond acceptors (Lipinski definition) is 2. The van der Waals surface area contributed by atoms with Gasteiger partial charge in [0.25, 0.3) is 0 Å². The first-order valence-corrected chi connectivity index (χ1v) is 7.88. The van der Waals surface area contributed by atoms with Gasteiger partial charge in [0.1, 0.15) is 9.81 Å². The van der Waals surface area contributed by atoms with Crippen molar-refractivity contribution in [3.63, 3.8) is 0 Å². The molecule has 3 atom stereocenters. The fourth-order valence-corrected chi connectivity index (χ4v) is 1.94. The average Bonchev–Trinajstić information content (AvgIpc) is 2.45. The van der Waals surface area contributed by atoms with Crippen LogP contribution in [0.3, 0.4) is 0 Å². The molecule has 2 aliphatic rings. The van der Waals surface area contributed by atoms with Crippen LogP contribution >= 0.6 is 23.2 Å². The molecule has 0 saturated carbocycles. The molecule has 10 nitrogen and oxygen atoms in total. The van der Waals surface area contributed by atoms with Crippen molar-refractivity contribution >= 4 is 23.2 Å². The largest absolute Gasteiger partial charge is 2.00 e. The minimum absolute atomic E-state index is 0. The third kappa shape index (κ3) is 28.2. The molecule has 2 aliphatic heterocycles. The summed E-state index contributed by atoms with van der Waals surface area (Å²) in [6.07, 6.45) is 5.37. The van der Waals surface area contributed by atoms with E-state index in [1.807, 2.05) is 0 Å². The Labute approximate surface area is 166 Å². The van der Waals surface area contributed by atoms with E-state index >= 15 is 0 Å². The molecule has 13 heteroatoms. The maximum absolute atomic E-state index is 8.47. The van der Waals surface area contributed by atoms with Crippen molar-refractivity contribution in [3.8, 4) is 0 Å². The summed E-state index contributed by atoms with van der Waals surface area (Å²) in [6.45, 7) is 6.08. The number of hydrogen-bond donors (Lipinski definition) is 4. The van der Waals surface area contributed by atoms with E-state index in [0.717, 1.165) is 31.8 Å². The predicted octanol–water partition coefficient (Wildman–Crippen LogP) is 3.71. The third-order valence-electron chi connectivity index (χ3n) is 2.71. The summed E-state index contributed by atoms with van der Waals surface area (Å²) in [5.41, 5.74) is 1.49. The van der Waals surface area contributed by atoms with Crippen LogP contribution in [0.4, 0.5) is 0 Å². The standard InChI is InChI=1S/C6H11ClN.C6H9ClN.Cu.2H2NO3/c2*1-5-2-3-6(7)8-4-5;;2*2-1(3)4/h5-6H,2-4H2,1H3;2,6H,3-4H2,1H3;;2*(H2,2,3,4)/q2*-1;+2;2*+1. The first kappa shape index (κ1) is 28.9. The fourth-order valence-electron chi connectivity index (χ4n) is 1.58. The van der Waals surface area contributed by atoms with E-state index in [-0.39, 0.29) is 28.1 Å². The van der Waals surface area contributed by atoms with E-state index < -0.39 is 10.2 Å². The molecule has 0 bridgehead atoms. The van der Waals surface area contributed by atoms with Crippen molar-refractivity contribution < 1.29 is 48.1 Å². The minimum Gasteiger partial charge on any atom is -0.646 e. The van der Waals surface area contributed by atoms with Crippen LogP contribution in [0.25, 0.3) is 10.6 Å². The zero-order valence-corrected chi connectivity index (χ0v) is 16.3. The van der Waals surface area contributed by atoms with Crippen molar-refractivity contribution in [2.24, 2.45) is 5.92 Å². The molecule has 3 unspecified atom stereocenters. The van der Waals surface area contributed by atoms with E-state index in [2.05, 4.69) is 30.6 Å². The Morgan fingerprint density at radius 3 is 1.76 bits per heavy atom. The number of alkyl halides is 2. The molecule has 0 aromatic rings. The molecule has 1 saturated heterocycles. The van der Waals surface area contributed by atoms with Crippen molar-refractivity contribution in [3.05, 3.63) is 32.1 Å². The Morgan fingerprint density at radius 1 is 1.04 bits per heavy atom. The maximum atomic E-state index is 8.47. The van der Waals surface area contributed by atoms with Gasteiger partial charge in [0.2, 0.25) is 0 Å². The number of piperidine rings is 1. The number of nitrogens with zero attached hydrogens (tertiary/aromatic N) is 4. The summed E-state index contributed by atoms with van der Waals surface area (Å²) in [5, 5.41) is 33.3. The zero-order chi connectivity index (χ0) is 19.1. The van der Waals surface area contributed by atoms with E-state index in [4.69, 9.17) is 53.8 Å². The molecule has 0 spiro atoms. The van der Waals surface area contributed by atoms with Crippen LogP contribution in [-0.4, -0.2) is 55.1 Å². The average molecular weight is 455 g/mol. The van der Waals surface area contributed by atoms with Crippen molar-refractivity contribution in [2.45, 2.75) is 44.1 Å². The van der Waals surface area contributed by atoms with Crippen LogP contribution in [0.2, 0.25) is 0 Å². The second kappa shape index (κ2) is 18.0. The molecule has 0 aromatic heterocycles. The quantitative estimate of drug-likeness (QED) is 0.144. The second-order valence-electron chi connectivity index (χ2n) is 5.05. The van der Waals surface area contributed by atoms with Gasteiger partial charge in [-0.2, -0.15) is 0 Å². The van der Waals surface area contributed by atoms with Crippen LogP contribution in [0.1, 0.15) is 33.1 Å². The summed E-state index contributed by atoms with van der Waals surface area (Å²) in [5.74, 6) is 0.769. The summed E-state index contributed by atoms with van der Waals surface area (Å²) >= 11 is 11.4. The van der Waals surface area contributed by atoms with Gasteiger partial charge in [-0.25, -0.2) is 20.8 Å². The molecule has 0 aromatic carbocycles. The summed E-state index contributed by atoms with van der Waals surface area (Å²) < 4.78 is 0. The van der Waals surface area contributed by atoms with Gasteiger partial charge in [0, 0.05) is 0 Å². The first-order chi connectivity index (χ1) is 11.0. The van der Waals surface area contributed by atoms with Gasteiger partial charge in [0.15, 0.2) is 0 Å². The van der Waals surface area contributed by atoms with Gasteiger partial charge in [0.05, 0.1) is 0 Å². The van der Waals surface area contributed by atoms with Crippen molar-refractivity contribution in [2.75, 3.05) is 13.1 Å². The van der Waals surface area contributed by atoms with Gasteiger partial charge in [-0.05, 0) is 13.3 Å².